The number of rotatable bonds is 4. The van der Waals surface area contributed by atoms with E-state index in [0.717, 1.165) is 56.5 Å². The highest BCUT2D eigenvalue weighted by molar-refractivity contribution is 5.88. The Hall–Kier alpha value is -0.990. The first-order valence-corrected chi connectivity index (χ1v) is 5.72. The molecule has 0 aromatic carbocycles. The summed E-state index contributed by atoms with van der Waals surface area (Å²) in [5.41, 5.74) is 0.749. The van der Waals surface area contributed by atoms with Gasteiger partial charge in [-0.15, -0.1) is 0 Å². The molecule has 0 spiro atoms. The lowest BCUT2D eigenvalue weighted by Crippen LogP contribution is -2.13. The standard InChI is InChI=1S/C12H20O3/c1-3-4-7-10(12(13)14-2)11-8-5-6-9-15-11/h3-9H2,1-2H3/b11-10+. The van der Waals surface area contributed by atoms with Crippen molar-refractivity contribution in [1.29, 1.82) is 0 Å². The molecule has 1 fully saturated rings. The van der Waals surface area contributed by atoms with Gasteiger partial charge in [-0.1, -0.05) is 13.3 Å². The van der Waals surface area contributed by atoms with E-state index in [4.69, 9.17) is 9.47 Å². The van der Waals surface area contributed by atoms with Crippen LogP contribution in [0.25, 0.3) is 0 Å². The van der Waals surface area contributed by atoms with Gasteiger partial charge in [-0.3, -0.25) is 0 Å². The van der Waals surface area contributed by atoms with E-state index in [1.807, 2.05) is 0 Å². The number of carbonyl (C=O) groups is 1. The van der Waals surface area contributed by atoms with Gasteiger partial charge in [0.1, 0.15) is 5.76 Å². The number of esters is 1. The minimum absolute atomic E-state index is 0.222. The number of allylic oxidation sites excluding steroid dienone is 1. The van der Waals surface area contributed by atoms with Crippen molar-refractivity contribution in [3.63, 3.8) is 0 Å². The second-order valence-electron chi connectivity index (χ2n) is 3.80. The second-order valence-corrected chi connectivity index (χ2v) is 3.80. The van der Waals surface area contributed by atoms with Crippen molar-refractivity contribution < 1.29 is 14.3 Å². The molecule has 0 N–H and O–H groups in total. The predicted molar refractivity (Wildman–Crippen MR) is 58.4 cm³/mol. The SMILES string of the molecule is CCCC/C(C(=O)OC)=C1/CCCCO1. The number of unbranched alkanes of at least 4 members (excludes halogenated alkanes) is 1. The van der Waals surface area contributed by atoms with Gasteiger partial charge in [0.05, 0.1) is 19.3 Å². The third-order valence-corrected chi connectivity index (χ3v) is 2.62. The van der Waals surface area contributed by atoms with Gasteiger partial charge in [-0.05, 0) is 25.7 Å². The van der Waals surface area contributed by atoms with Gasteiger partial charge in [0.15, 0.2) is 0 Å². The molecular formula is C12H20O3. The number of carbonyl (C=O) groups excluding carboxylic acids is 1. The topological polar surface area (TPSA) is 35.5 Å². The van der Waals surface area contributed by atoms with Crippen molar-refractivity contribution in [3.05, 3.63) is 11.3 Å². The van der Waals surface area contributed by atoms with Crippen molar-refractivity contribution in [2.75, 3.05) is 13.7 Å². The van der Waals surface area contributed by atoms with Crippen molar-refractivity contribution in [2.24, 2.45) is 0 Å². The molecule has 1 rings (SSSR count). The highest BCUT2D eigenvalue weighted by atomic mass is 16.5. The Morgan fingerprint density at radius 2 is 2.27 bits per heavy atom. The highest BCUT2D eigenvalue weighted by Crippen LogP contribution is 2.23. The maximum Gasteiger partial charge on any atom is 0.337 e. The summed E-state index contributed by atoms with van der Waals surface area (Å²) in [6.45, 7) is 2.85. The predicted octanol–water partition coefficient (Wildman–Crippen LogP) is 2.80. The second kappa shape index (κ2) is 6.49. The fourth-order valence-electron chi connectivity index (χ4n) is 1.73. The van der Waals surface area contributed by atoms with Crippen LogP contribution >= 0.6 is 0 Å². The Morgan fingerprint density at radius 3 is 2.80 bits per heavy atom. The quantitative estimate of drug-likeness (QED) is 0.531. The third kappa shape index (κ3) is 3.57. The molecule has 0 saturated carbocycles. The van der Waals surface area contributed by atoms with Crippen LogP contribution in [0.15, 0.2) is 11.3 Å². The molecule has 1 aliphatic heterocycles. The van der Waals surface area contributed by atoms with Crippen LogP contribution in [0.2, 0.25) is 0 Å². The zero-order chi connectivity index (χ0) is 11.1. The minimum Gasteiger partial charge on any atom is -0.497 e. The smallest absolute Gasteiger partial charge is 0.337 e. The van der Waals surface area contributed by atoms with E-state index in [1.165, 1.54) is 7.11 Å². The largest absolute Gasteiger partial charge is 0.497 e. The normalized spacial score (nSPS) is 19.3. The molecule has 0 aliphatic carbocycles. The van der Waals surface area contributed by atoms with E-state index in [2.05, 4.69) is 6.92 Å². The van der Waals surface area contributed by atoms with Crippen molar-refractivity contribution in [2.45, 2.75) is 45.4 Å². The maximum absolute atomic E-state index is 11.6. The zero-order valence-electron chi connectivity index (χ0n) is 9.67. The molecule has 15 heavy (non-hydrogen) atoms. The van der Waals surface area contributed by atoms with Crippen LogP contribution in [0.4, 0.5) is 0 Å². The summed E-state index contributed by atoms with van der Waals surface area (Å²) in [7, 11) is 1.43. The number of hydrogen-bond donors (Lipinski definition) is 0. The monoisotopic (exact) mass is 212 g/mol. The molecule has 1 heterocycles. The Kier molecular flexibility index (Phi) is 5.22. The molecular weight excluding hydrogens is 192 g/mol. The van der Waals surface area contributed by atoms with Crippen molar-refractivity contribution in [3.8, 4) is 0 Å². The van der Waals surface area contributed by atoms with Crippen LogP contribution in [0, 0.1) is 0 Å². The first kappa shape index (κ1) is 12.1. The van der Waals surface area contributed by atoms with Gasteiger partial charge in [0, 0.05) is 6.42 Å². The Balaban J connectivity index is 2.71. The molecule has 3 heteroatoms. The Labute approximate surface area is 91.4 Å². The van der Waals surface area contributed by atoms with Crippen LogP contribution in [0.1, 0.15) is 45.4 Å². The highest BCUT2D eigenvalue weighted by Gasteiger charge is 2.18. The lowest BCUT2D eigenvalue weighted by atomic mass is 10.0. The van der Waals surface area contributed by atoms with Crippen LogP contribution in [0.3, 0.4) is 0 Å². The molecule has 0 aromatic heterocycles. The van der Waals surface area contributed by atoms with Crippen molar-refractivity contribution >= 4 is 5.97 Å². The van der Waals surface area contributed by atoms with Gasteiger partial charge in [-0.25, -0.2) is 4.79 Å². The lowest BCUT2D eigenvalue weighted by Gasteiger charge is -2.19. The summed E-state index contributed by atoms with van der Waals surface area (Å²) in [6, 6.07) is 0. The Bertz CT molecular complexity index is 235. The summed E-state index contributed by atoms with van der Waals surface area (Å²) in [6.07, 6.45) is 5.95. The summed E-state index contributed by atoms with van der Waals surface area (Å²) in [5, 5.41) is 0. The minimum atomic E-state index is -0.222. The lowest BCUT2D eigenvalue weighted by molar-refractivity contribution is -0.136. The first-order chi connectivity index (χ1) is 7.29. The summed E-state index contributed by atoms with van der Waals surface area (Å²) in [4.78, 5) is 11.6. The molecule has 0 amide bonds. The third-order valence-electron chi connectivity index (χ3n) is 2.62. The van der Waals surface area contributed by atoms with E-state index in [0.29, 0.717) is 0 Å². The van der Waals surface area contributed by atoms with E-state index in [9.17, 15) is 4.79 Å². The van der Waals surface area contributed by atoms with Gasteiger partial charge >= 0.3 is 5.97 Å². The van der Waals surface area contributed by atoms with Crippen molar-refractivity contribution in [1.82, 2.24) is 0 Å². The molecule has 3 nitrogen and oxygen atoms in total. The van der Waals surface area contributed by atoms with E-state index >= 15 is 0 Å². The molecule has 1 aliphatic rings. The average Bonchev–Trinajstić information content (AvgIpc) is 2.30. The van der Waals surface area contributed by atoms with Crippen LogP contribution in [-0.2, 0) is 14.3 Å². The number of methoxy groups -OCH3 is 1. The zero-order valence-corrected chi connectivity index (χ0v) is 9.67. The number of hydrogen-bond acceptors (Lipinski definition) is 3. The summed E-state index contributed by atoms with van der Waals surface area (Å²) >= 11 is 0. The molecule has 0 radical (unpaired) electrons. The van der Waals surface area contributed by atoms with Gasteiger partial charge < -0.3 is 9.47 Å². The molecule has 0 unspecified atom stereocenters. The Morgan fingerprint density at radius 1 is 1.47 bits per heavy atom. The molecule has 86 valence electrons. The molecule has 1 saturated heterocycles. The molecule has 0 aromatic rings. The fraction of sp³-hybridized carbons (Fsp3) is 0.750. The van der Waals surface area contributed by atoms with E-state index in [-0.39, 0.29) is 5.97 Å². The summed E-state index contributed by atoms with van der Waals surface area (Å²) < 4.78 is 10.3. The average molecular weight is 212 g/mol. The van der Waals surface area contributed by atoms with Crippen LogP contribution in [0.5, 0.6) is 0 Å². The fourth-order valence-corrected chi connectivity index (χ4v) is 1.73. The maximum atomic E-state index is 11.6. The molecule has 0 bridgehead atoms. The first-order valence-electron chi connectivity index (χ1n) is 5.72. The van der Waals surface area contributed by atoms with E-state index < -0.39 is 0 Å². The van der Waals surface area contributed by atoms with Crippen LogP contribution < -0.4 is 0 Å². The van der Waals surface area contributed by atoms with Gasteiger partial charge in [-0.2, -0.15) is 0 Å². The van der Waals surface area contributed by atoms with Gasteiger partial charge in [0.2, 0.25) is 0 Å². The van der Waals surface area contributed by atoms with E-state index in [1.54, 1.807) is 0 Å². The summed E-state index contributed by atoms with van der Waals surface area (Å²) in [5.74, 6) is 0.641. The molecule has 0 atom stereocenters. The van der Waals surface area contributed by atoms with Crippen LogP contribution in [-0.4, -0.2) is 19.7 Å². The number of ether oxygens (including phenoxy) is 2. The van der Waals surface area contributed by atoms with Gasteiger partial charge in [0.25, 0.3) is 0 Å².